The number of rotatable bonds is 2. The van der Waals surface area contributed by atoms with Crippen LogP contribution in [0.1, 0.15) is 10.4 Å². The summed E-state index contributed by atoms with van der Waals surface area (Å²) in [4.78, 5) is 9.14. The molecule has 1 N–H and O–H groups in total. The summed E-state index contributed by atoms with van der Waals surface area (Å²) in [5, 5.41) is 8.02. The van der Waals surface area contributed by atoms with Gasteiger partial charge in [-0.2, -0.15) is 8.42 Å². The summed E-state index contributed by atoms with van der Waals surface area (Å²) in [6.45, 7) is 0. The smallest absolute Gasteiger partial charge is 0.337 e. The van der Waals surface area contributed by atoms with Crippen molar-refractivity contribution < 1.29 is 26.6 Å². The van der Waals surface area contributed by atoms with Crippen molar-refractivity contribution in [2.45, 2.75) is 4.90 Å². The summed E-state index contributed by atoms with van der Waals surface area (Å²) in [6.07, 6.45) is 0. The molecule has 8 heteroatoms. The minimum absolute atomic E-state index is 0.329. The van der Waals surface area contributed by atoms with Crippen LogP contribution in [0.4, 0.5) is 8.28 Å². The Labute approximate surface area is 88.3 Å². The predicted molar refractivity (Wildman–Crippen MR) is 46.7 cm³/mol. The van der Waals surface area contributed by atoms with E-state index >= 15 is 0 Å². The molecule has 4 nitrogen and oxygen atoms in total. The van der Waals surface area contributed by atoms with Crippen LogP contribution >= 0.6 is 11.6 Å². The van der Waals surface area contributed by atoms with Crippen molar-refractivity contribution in [3.63, 3.8) is 0 Å². The predicted octanol–water partition coefficient (Wildman–Crippen LogP) is 1.84. The molecule has 0 radical (unpaired) electrons. The van der Waals surface area contributed by atoms with E-state index in [4.69, 9.17) is 16.7 Å². The summed E-state index contributed by atoms with van der Waals surface area (Å²) in [7, 11) is -5.30. The van der Waals surface area contributed by atoms with Crippen molar-refractivity contribution in [3.8, 4) is 0 Å². The summed E-state index contributed by atoms with van der Waals surface area (Å²) in [6, 6.07) is 0.757. The number of aromatic carboxylic acids is 1. The molecule has 1 aromatic carbocycles. The first-order valence-corrected chi connectivity index (χ1v) is 5.16. The molecular formula is C7H3ClF2O4S. The highest BCUT2D eigenvalue weighted by molar-refractivity contribution is 7.86. The van der Waals surface area contributed by atoms with Gasteiger partial charge in [-0.25, -0.2) is 9.18 Å². The number of carboxylic acid groups (broad SMARTS) is 1. The van der Waals surface area contributed by atoms with Crippen molar-refractivity contribution >= 4 is 27.8 Å². The molecule has 0 unspecified atom stereocenters. The normalized spacial score (nSPS) is 11.4. The molecule has 0 fully saturated rings. The molecule has 0 bridgehead atoms. The summed E-state index contributed by atoms with van der Waals surface area (Å²) >= 11 is 5.31. The summed E-state index contributed by atoms with van der Waals surface area (Å²) < 4.78 is 46.1. The van der Waals surface area contributed by atoms with E-state index in [1.807, 2.05) is 0 Å². The fourth-order valence-corrected chi connectivity index (χ4v) is 1.66. The van der Waals surface area contributed by atoms with Gasteiger partial charge in [-0.15, -0.1) is 3.89 Å². The zero-order chi connectivity index (χ0) is 11.8. The SMILES string of the molecule is O=C(O)c1cc(S(=O)(=O)F)c(F)cc1Cl. The average Bonchev–Trinajstić information content (AvgIpc) is 2.00. The van der Waals surface area contributed by atoms with Gasteiger partial charge >= 0.3 is 16.2 Å². The number of carbonyl (C=O) groups is 1. The monoisotopic (exact) mass is 256 g/mol. The minimum Gasteiger partial charge on any atom is -0.478 e. The van der Waals surface area contributed by atoms with E-state index in [1.54, 1.807) is 0 Å². The molecular weight excluding hydrogens is 254 g/mol. The first-order valence-electron chi connectivity index (χ1n) is 3.40. The highest BCUT2D eigenvalue weighted by Crippen LogP contribution is 2.25. The Morgan fingerprint density at radius 1 is 1.40 bits per heavy atom. The maximum atomic E-state index is 12.9. The molecule has 0 atom stereocenters. The Balaban J connectivity index is 3.58. The topological polar surface area (TPSA) is 71.4 Å². The van der Waals surface area contributed by atoms with Crippen LogP contribution in [0.5, 0.6) is 0 Å². The molecule has 0 amide bonds. The molecule has 0 saturated heterocycles. The number of halogens is 3. The Morgan fingerprint density at radius 3 is 2.33 bits per heavy atom. The van der Waals surface area contributed by atoms with Crippen LogP contribution < -0.4 is 0 Å². The van der Waals surface area contributed by atoms with Crippen LogP contribution in [0.2, 0.25) is 5.02 Å². The lowest BCUT2D eigenvalue weighted by molar-refractivity contribution is 0.0696. The standard InChI is InChI=1S/C7H3ClF2O4S/c8-4-2-5(9)6(15(10,13)14)1-3(4)7(11)12/h1-2H,(H,11,12). The molecule has 0 aliphatic carbocycles. The molecule has 0 spiro atoms. The van der Waals surface area contributed by atoms with Crippen LogP contribution in [0.25, 0.3) is 0 Å². The lowest BCUT2D eigenvalue weighted by Gasteiger charge is -2.02. The van der Waals surface area contributed by atoms with E-state index in [9.17, 15) is 21.5 Å². The fourth-order valence-electron chi connectivity index (χ4n) is 0.880. The second-order valence-electron chi connectivity index (χ2n) is 2.51. The van der Waals surface area contributed by atoms with E-state index in [-0.39, 0.29) is 0 Å². The van der Waals surface area contributed by atoms with Gasteiger partial charge in [0.15, 0.2) is 0 Å². The fraction of sp³-hybridized carbons (Fsp3) is 0. The van der Waals surface area contributed by atoms with Crippen LogP contribution in [0.3, 0.4) is 0 Å². The van der Waals surface area contributed by atoms with Gasteiger partial charge in [0.25, 0.3) is 0 Å². The Hall–Kier alpha value is -1.21. The van der Waals surface area contributed by atoms with Gasteiger partial charge in [-0.05, 0) is 12.1 Å². The molecule has 1 rings (SSSR count). The highest BCUT2D eigenvalue weighted by Gasteiger charge is 2.22. The van der Waals surface area contributed by atoms with Gasteiger partial charge in [-0.1, -0.05) is 11.6 Å². The van der Waals surface area contributed by atoms with E-state index in [1.165, 1.54) is 0 Å². The lowest BCUT2D eigenvalue weighted by atomic mass is 10.2. The van der Waals surface area contributed by atoms with Gasteiger partial charge in [-0.3, -0.25) is 0 Å². The van der Waals surface area contributed by atoms with Gasteiger partial charge in [0.2, 0.25) is 0 Å². The molecule has 1 aromatic rings. The summed E-state index contributed by atoms with van der Waals surface area (Å²) in [5.41, 5.74) is -0.686. The van der Waals surface area contributed by atoms with Crippen molar-refractivity contribution in [1.82, 2.24) is 0 Å². The maximum absolute atomic E-state index is 12.9. The molecule has 15 heavy (non-hydrogen) atoms. The lowest BCUT2D eigenvalue weighted by Crippen LogP contribution is -2.03. The third-order valence-electron chi connectivity index (χ3n) is 1.51. The van der Waals surface area contributed by atoms with Crippen molar-refractivity contribution in [1.29, 1.82) is 0 Å². The number of hydrogen-bond donors (Lipinski definition) is 1. The first kappa shape index (κ1) is 11.9. The second-order valence-corrected chi connectivity index (χ2v) is 4.23. The molecule has 0 saturated carbocycles. The zero-order valence-corrected chi connectivity index (χ0v) is 8.44. The third-order valence-corrected chi connectivity index (χ3v) is 2.67. The van der Waals surface area contributed by atoms with Crippen molar-refractivity contribution in [3.05, 3.63) is 28.5 Å². The molecule has 0 aliphatic rings. The van der Waals surface area contributed by atoms with E-state index in [2.05, 4.69) is 0 Å². The third kappa shape index (κ3) is 2.42. The van der Waals surface area contributed by atoms with Crippen LogP contribution in [0, 0.1) is 5.82 Å². The maximum Gasteiger partial charge on any atom is 0.337 e. The highest BCUT2D eigenvalue weighted by atomic mass is 35.5. The van der Waals surface area contributed by atoms with E-state index in [0.29, 0.717) is 12.1 Å². The van der Waals surface area contributed by atoms with Gasteiger partial charge in [0.1, 0.15) is 10.7 Å². The van der Waals surface area contributed by atoms with Crippen LogP contribution in [-0.2, 0) is 10.2 Å². The van der Waals surface area contributed by atoms with E-state index in [0.717, 1.165) is 0 Å². The second kappa shape index (κ2) is 3.74. The van der Waals surface area contributed by atoms with Gasteiger partial charge in [0.05, 0.1) is 10.6 Å². The van der Waals surface area contributed by atoms with Gasteiger partial charge < -0.3 is 5.11 Å². The zero-order valence-electron chi connectivity index (χ0n) is 6.87. The Bertz CT molecular complexity index is 526. The molecule has 0 heterocycles. The Kier molecular flexibility index (Phi) is 2.96. The number of carboxylic acids is 1. The van der Waals surface area contributed by atoms with Gasteiger partial charge in [0, 0.05) is 0 Å². The molecule has 0 aliphatic heterocycles. The van der Waals surface area contributed by atoms with E-state index < -0.39 is 37.5 Å². The van der Waals surface area contributed by atoms with Crippen molar-refractivity contribution in [2.75, 3.05) is 0 Å². The molecule has 0 aromatic heterocycles. The van der Waals surface area contributed by atoms with Crippen LogP contribution in [0.15, 0.2) is 17.0 Å². The summed E-state index contributed by atoms with van der Waals surface area (Å²) in [5.74, 6) is -3.02. The quantitative estimate of drug-likeness (QED) is 0.820. The Morgan fingerprint density at radius 2 is 1.93 bits per heavy atom. The first-order chi connectivity index (χ1) is 6.73. The number of hydrogen-bond acceptors (Lipinski definition) is 3. The average molecular weight is 257 g/mol. The largest absolute Gasteiger partial charge is 0.478 e. The molecule has 82 valence electrons. The van der Waals surface area contributed by atoms with Crippen LogP contribution in [-0.4, -0.2) is 19.5 Å². The number of benzene rings is 1. The minimum atomic E-state index is -5.30. The van der Waals surface area contributed by atoms with Crippen molar-refractivity contribution in [2.24, 2.45) is 0 Å².